The smallest absolute Gasteiger partial charge is 0.250 e. The number of benzene rings is 2. The van der Waals surface area contributed by atoms with E-state index >= 15 is 0 Å². The predicted octanol–water partition coefficient (Wildman–Crippen LogP) is 2.61. The first kappa shape index (κ1) is 15.6. The van der Waals surface area contributed by atoms with Gasteiger partial charge in [-0.15, -0.1) is 0 Å². The fraction of sp³-hybridized carbons (Fsp3) is 0.125. The van der Waals surface area contributed by atoms with Crippen LogP contribution in [-0.2, 0) is 9.84 Å². The third-order valence-corrected chi connectivity index (χ3v) is 5.92. The molecule has 3 aromatic rings. The number of sulfone groups is 1. The molecule has 0 bridgehead atoms. The van der Waals surface area contributed by atoms with Crippen molar-refractivity contribution in [3.05, 3.63) is 65.0 Å². The molecule has 0 fully saturated rings. The number of nitrogens with zero attached hydrogens (tertiary/aromatic N) is 3. The first-order chi connectivity index (χ1) is 11.0. The Labute approximate surface area is 138 Å². The van der Waals surface area contributed by atoms with Crippen LogP contribution in [0, 0.1) is 6.92 Å². The van der Waals surface area contributed by atoms with Gasteiger partial charge in [0.1, 0.15) is 0 Å². The van der Waals surface area contributed by atoms with E-state index in [1.165, 1.54) is 0 Å². The molecule has 0 aliphatic carbocycles. The molecular weight excluding hydrogens is 330 g/mol. The van der Waals surface area contributed by atoms with Crippen molar-refractivity contribution < 1.29 is 8.42 Å². The third kappa shape index (κ3) is 2.85. The summed E-state index contributed by atoms with van der Waals surface area (Å²) in [4.78, 5) is 4.90. The SMILES string of the molecule is CN=c1snc(S(=O)(=O)c2ccc(C)cc2)n1-c1ccccc1. The van der Waals surface area contributed by atoms with E-state index in [-0.39, 0.29) is 10.1 Å². The highest BCUT2D eigenvalue weighted by molar-refractivity contribution is 7.91. The highest BCUT2D eigenvalue weighted by atomic mass is 32.2. The van der Waals surface area contributed by atoms with Gasteiger partial charge in [-0.1, -0.05) is 35.9 Å². The van der Waals surface area contributed by atoms with Crippen LogP contribution in [0.15, 0.2) is 69.6 Å². The van der Waals surface area contributed by atoms with Gasteiger partial charge in [0, 0.05) is 18.6 Å². The molecule has 0 amide bonds. The monoisotopic (exact) mass is 345 g/mol. The Morgan fingerprint density at radius 3 is 2.30 bits per heavy atom. The van der Waals surface area contributed by atoms with Gasteiger partial charge in [-0.3, -0.25) is 9.56 Å². The molecule has 23 heavy (non-hydrogen) atoms. The van der Waals surface area contributed by atoms with Crippen molar-refractivity contribution >= 4 is 21.4 Å². The van der Waals surface area contributed by atoms with Crippen molar-refractivity contribution in [2.24, 2.45) is 4.99 Å². The predicted molar refractivity (Wildman–Crippen MR) is 89.6 cm³/mol. The topological polar surface area (TPSA) is 64.3 Å². The second kappa shape index (κ2) is 6.10. The average Bonchev–Trinajstić information content (AvgIpc) is 3.01. The molecule has 0 N–H and O–H groups in total. The van der Waals surface area contributed by atoms with E-state index in [2.05, 4.69) is 9.37 Å². The van der Waals surface area contributed by atoms with E-state index in [0.717, 1.165) is 17.1 Å². The Balaban J connectivity index is 2.25. The number of para-hydroxylation sites is 1. The van der Waals surface area contributed by atoms with Crippen LogP contribution in [0.3, 0.4) is 0 Å². The molecular formula is C16H15N3O2S2. The van der Waals surface area contributed by atoms with Gasteiger partial charge in [-0.05, 0) is 31.2 Å². The van der Waals surface area contributed by atoms with Crippen LogP contribution in [-0.4, -0.2) is 24.4 Å². The highest BCUT2D eigenvalue weighted by Gasteiger charge is 2.25. The molecule has 1 aromatic heterocycles. The van der Waals surface area contributed by atoms with Crippen molar-refractivity contribution in [2.75, 3.05) is 7.05 Å². The highest BCUT2D eigenvalue weighted by Crippen LogP contribution is 2.22. The van der Waals surface area contributed by atoms with Crippen LogP contribution < -0.4 is 4.80 Å². The lowest BCUT2D eigenvalue weighted by Crippen LogP contribution is -2.18. The summed E-state index contributed by atoms with van der Waals surface area (Å²) in [7, 11) is -2.10. The summed E-state index contributed by atoms with van der Waals surface area (Å²) in [6, 6.07) is 16.0. The van der Waals surface area contributed by atoms with Gasteiger partial charge in [0.2, 0.25) is 19.8 Å². The van der Waals surface area contributed by atoms with E-state index in [4.69, 9.17) is 0 Å². The normalized spacial score (nSPS) is 12.5. The summed E-state index contributed by atoms with van der Waals surface area (Å²) in [6.07, 6.45) is 0. The van der Waals surface area contributed by atoms with E-state index < -0.39 is 9.84 Å². The summed E-state index contributed by atoms with van der Waals surface area (Å²) < 4.78 is 31.6. The van der Waals surface area contributed by atoms with E-state index in [1.807, 2.05) is 37.3 Å². The average molecular weight is 345 g/mol. The van der Waals surface area contributed by atoms with E-state index in [0.29, 0.717) is 10.5 Å². The zero-order chi connectivity index (χ0) is 16.4. The summed E-state index contributed by atoms with van der Waals surface area (Å²) in [5, 5.41) is -0.0156. The number of rotatable bonds is 3. The van der Waals surface area contributed by atoms with Crippen LogP contribution >= 0.6 is 11.5 Å². The van der Waals surface area contributed by atoms with E-state index in [1.54, 1.807) is 35.9 Å². The fourth-order valence-electron chi connectivity index (χ4n) is 2.17. The maximum absolute atomic E-state index is 13.0. The van der Waals surface area contributed by atoms with Gasteiger partial charge in [-0.25, -0.2) is 8.42 Å². The zero-order valence-corrected chi connectivity index (χ0v) is 14.3. The molecule has 2 aromatic carbocycles. The standard InChI is InChI=1S/C16H15N3O2S2/c1-12-8-10-14(11-9-12)23(20,21)16-18-22-15(17-2)19(16)13-6-4-3-5-7-13/h3-11H,1-2H3. The van der Waals surface area contributed by atoms with Gasteiger partial charge in [-0.2, -0.15) is 4.37 Å². The summed E-state index contributed by atoms with van der Waals surface area (Å²) in [5.41, 5.74) is 1.72. The Hall–Kier alpha value is -2.25. The second-order valence-corrected chi connectivity index (χ2v) is 7.53. The second-order valence-electron chi connectivity index (χ2n) is 4.96. The lowest BCUT2D eigenvalue weighted by Gasteiger charge is -2.08. The summed E-state index contributed by atoms with van der Waals surface area (Å²) >= 11 is 1.06. The Kier molecular flexibility index (Phi) is 4.14. The molecule has 1 heterocycles. The van der Waals surface area contributed by atoms with Crippen LogP contribution in [0.2, 0.25) is 0 Å². The Morgan fingerprint density at radius 1 is 1.04 bits per heavy atom. The maximum Gasteiger partial charge on any atom is 0.250 e. The lowest BCUT2D eigenvalue weighted by molar-refractivity contribution is 0.583. The molecule has 5 nitrogen and oxygen atoms in total. The summed E-state index contributed by atoms with van der Waals surface area (Å²) in [6.45, 7) is 1.91. The first-order valence-electron chi connectivity index (χ1n) is 6.93. The third-order valence-electron chi connectivity index (χ3n) is 3.37. The van der Waals surface area contributed by atoms with Crippen molar-refractivity contribution in [1.82, 2.24) is 8.94 Å². The molecule has 0 saturated carbocycles. The Morgan fingerprint density at radius 2 is 1.70 bits per heavy atom. The molecule has 118 valence electrons. The number of hydrogen-bond donors (Lipinski definition) is 0. The molecule has 0 saturated heterocycles. The number of aromatic nitrogens is 2. The minimum absolute atomic E-state index is 0.0156. The van der Waals surface area contributed by atoms with Crippen molar-refractivity contribution in [3.8, 4) is 5.69 Å². The van der Waals surface area contributed by atoms with Crippen LogP contribution in [0.5, 0.6) is 0 Å². The molecule has 7 heteroatoms. The molecule has 0 atom stereocenters. The molecule has 0 aliphatic heterocycles. The van der Waals surface area contributed by atoms with Crippen LogP contribution in [0.1, 0.15) is 5.56 Å². The van der Waals surface area contributed by atoms with Crippen LogP contribution in [0.4, 0.5) is 0 Å². The molecule has 3 rings (SSSR count). The Bertz CT molecular complexity index is 986. The van der Waals surface area contributed by atoms with Gasteiger partial charge in [0.25, 0.3) is 0 Å². The van der Waals surface area contributed by atoms with Gasteiger partial charge in [0.15, 0.2) is 0 Å². The van der Waals surface area contributed by atoms with Crippen LogP contribution in [0.25, 0.3) is 5.69 Å². The van der Waals surface area contributed by atoms with Crippen molar-refractivity contribution in [3.63, 3.8) is 0 Å². The van der Waals surface area contributed by atoms with Gasteiger partial charge in [0.05, 0.1) is 10.6 Å². The summed E-state index contributed by atoms with van der Waals surface area (Å²) in [5.74, 6) is 0. The largest absolute Gasteiger partial charge is 0.261 e. The molecule has 0 radical (unpaired) electrons. The molecule has 0 unspecified atom stereocenters. The molecule has 0 spiro atoms. The lowest BCUT2D eigenvalue weighted by atomic mass is 10.2. The first-order valence-corrected chi connectivity index (χ1v) is 9.18. The fourth-order valence-corrected chi connectivity index (χ4v) is 4.47. The zero-order valence-electron chi connectivity index (χ0n) is 12.7. The minimum Gasteiger partial charge on any atom is -0.261 e. The van der Waals surface area contributed by atoms with Gasteiger partial charge >= 0.3 is 0 Å². The van der Waals surface area contributed by atoms with E-state index in [9.17, 15) is 8.42 Å². The number of hydrogen-bond acceptors (Lipinski definition) is 5. The van der Waals surface area contributed by atoms with Crippen molar-refractivity contribution in [2.45, 2.75) is 17.0 Å². The maximum atomic E-state index is 13.0. The van der Waals surface area contributed by atoms with Gasteiger partial charge < -0.3 is 0 Å². The minimum atomic E-state index is -3.72. The molecule has 0 aliphatic rings. The quantitative estimate of drug-likeness (QED) is 0.733. The number of aryl methyl sites for hydroxylation is 1. The van der Waals surface area contributed by atoms with Crippen molar-refractivity contribution in [1.29, 1.82) is 0 Å².